The van der Waals surface area contributed by atoms with Gasteiger partial charge in [0.2, 0.25) is 0 Å². The summed E-state index contributed by atoms with van der Waals surface area (Å²) in [6.07, 6.45) is 4.32. The standard InChI is InChI=1S/C23H26FN3O2/c1-2-26-20-14-17(22(28)25-15-16-7-10-18(24)11-8-16)9-12-19(20)23(29)27-13-5-3-4-6-21(26)27/h7-12,14,21H,2-6,13,15H2,1H3,(H,25,28)/t21-/m1/s1. The van der Waals surface area contributed by atoms with Gasteiger partial charge in [-0.25, -0.2) is 4.39 Å². The average molecular weight is 395 g/mol. The molecule has 0 aliphatic carbocycles. The maximum absolute atomic E-state index is 13.1. The molecule has 0 radical (unpaired) electrons. The summed E-state index contributed by atoms with van der Waals surface area (Å²) in [5.41, 5.74) is 2.87. The van der Waals surface area contributed by atoms with Crippen LogP contribution in [0.3, 0.4) is 0 Å². The molecule has 0 aromatic heterocycles. The van der Waals surface area contributed by atoms with Crippen molar-refractivity contribution in [1.29, 1.82) is 0 Å². The number of benzene rings is 2. The van der Waals surface area contributed by atoms with Crippen molar-refractivity contribution < 1.29 is 14.0 Å². The van der Waals surface area contributed by atoms with Gasteiger partial charge in [0.15, 0.2) is 0 Å². The highest BCUT2D eigenvalue weighted by atomic mass is 19.1. The number of rotatable bonds is 4. The average Bonchev–Trinajstić information content (AvgIpc) is 2.99. The van der Waals surface area contributed by atoms with Crippen molar-refractivity contribution in [3.8, 4) is 0 Å². The summed E-state index contributed by atoms with van der Waals surface area (Å²) in [5, 5.41) is 2.88. The summed E-state index contributed by atoms with van der Waals surface area (Å²) in [6.45, 7) is 3.98. The van der Waals surface area contributed by atoms with Gasteiger partial charge in [0, 0.05) is 25.2 Å². The van der Waals surface area contributed by atoms with E-state index in [0.29, 0.717) is 17.7 Å². The van der Waals surface area contributed by atoms with Crippen LogP contribution in [0.2, 0.25) is 0 Å². The van der Waals surface area contributed by atoms with Crippen molar-refractivity contribution in [1.82, 2.24) is 10.2 Å². The third kappa shape index (κ3) is 3.84. The fourth-order valence-corrected chi connectivity index (χ4v) is 4.33. The zero-order chi connectivity index (χ0) is 20.4. The lowest BCUT2D eigenvalue weighted by atomic mass is 10.0. The van der Waals surface area contributed by atoms with E-state index in [1.165, 1.54) is 12.1 Å². The van der Waals surface area contributed by atoms with Crippen LogP contribution in [-0.2, 0) is 6.54 Å². The summed E-state index contributed by atoms with van der Waals surface area (Å²) in [6, 6.07) is 11.4. The minimum Gasteiger partial charge on any atom is -0.351 e. The van der Waals surface area contributed by atoms with Crippen LogP contribution < -0.4 is 10.2 Å². The summed E-state index contributed by atoms with van der Waals surface area (Å²) >= 11 is 0. The molecule has 1 N–H and O–H groups in total. The van der Waals surface area contributed by atoms with Gasteiger partial charge >= 0.3 is 0 Å². The Balaban J connectivity index is 1.57. The number of carbonyl (C=O) groups excluding carboxylic acids is 2. The highest BCUT2D eigenvalue weighted by Gasteiger charge is 2.37. The minimum atomic E-state index is -0.299. The number of hydrogen-bond donors (Lipinski definition) is 1. The van der Waals surface area contributed by atoms with Crippen LogP contribution in [-0.4, -0.2) is 36.0 Å². The van der Waals surface area contributed by atoms with Gasteiger partial charge in [-0.3, -0.25) is 9.59 Å². The molecule has 152 valence electrons. The Kier molecular flexibility index (Phi) is 5.51. The van der Waals surface area contributed by atoms with Gasteiger partial charge in [-0.2, -0.15) is 0 Å². The van der Waals surface area contributed by atoms with E-state index in [2.05, 4.69) is 17.1 Å². The van der Waals surface area contributed by atoms with E-state index in [-0.39, 0.29) is 23.8 Å². The van der Waals surface area contributed by atoms with E-state index in [1.54, 1.807) is 24.3 Å². The smallest absolute Gasteiger partial charge is 0.257 e. The first-order chi connectivity index (χ1) is 14.1. The molecule has 2 heterocycles. The van der Waals surface area contributed by atoms with Crippen molar-refractivity contribution in [2.24, 2.45) is 0 Å². The number of nitrogens with zero attached hydrogens (tertiary/aromatic N) is 2. The second kappa shape index (κ2) is 8.23. The first-order valence-electron chi connectivity index (χ1n) is 10.3. The molecule has 2 aliphatic heterocycles. The minimum absolute atomic E-state index is 0.0647. The SMILES string of the molecule is CCN1c2cc(C(=O)NCc3ccc(F)cc3)ccc2C(=O)N2CCCCC[C@@H]21. The number of carbonyl (C=O) groups is 2. The van der Waals surface area contributed by atoms with E-state index in [1.807, 2.05) is 11.0 Å². The molecule has 4 rings (SSSR count). The molecule has 2 aromatic rings. The quantitative estimate of drug-likeness (QED) is 0.853. The third-order valence-corrected chi connectivity index (χ3v) is 5.85. The lowest BCUT2D eigenvalue weighted by Crippen LogP contribution is -2.55. The number of fused-ring (bicyclic) bond motifs is 2. The van der Waals surface area contributed by atoms with Crippen LogP contribution >= 0.6 is 0 Å². The first kappa shape index (κ1) is 19.4. The maximum atomic E-state index is 13.1. The van der Waals surface area contributed by atoms with E-state index >= 15 is 0 Å². The van der Waals surface area contributed by atoms with Gasteiger partial charge in [-0.1, -0.05) is 18.6 Å². The maximum Gasteiger partial charge on any atom is 0.257 e. The highest BCUT2D eigenvalue weighted by molar-refractivity contribution is 6.04. The zero-order valence-corrected chi connectivity index (χ0v) is 16.7. The fourth-order valence-electron chi connectivity index (χ4n) is 4.33. The lowest BCUT2D eigenvalue weighted by molar-refractivity contribution is 0.0656. The van der Waals surface area contributed by atoms with Gasteiger partial charge in [0.1, 0.15) is 12.0 Å². The molecule has 2 aliphatic rings. The molecule has 0 spiro atoms. The van der Waals surface area contributed by atoms with Crippen molar-refractivity contribution in [3.63, 3.8) is 0 Å². The molecule has 2 aromatic carbocycles. The molecule has 5 nitrogen and oxygen atoms in total. The Morgan fingerprint density at radius 3 is 2.69 bits per heavy atom. The largest absolute Gasteiger partial charge is 0.351 e. The number of anilines is 1. The highest BCUT2D eigenvalue weighted by Crippen LogP contribution is 2.35. The van der Waals surface area contributed by atoms with Crippen molar-refractivity contribution >= 4 is 17.5 Å². The molecule has 1 fully saturated rings. The molecule has 1 atom stereocenters. The first-order valence-corrected chi connectivity index (χ1v) is 10.3. The summed E-state index contributed by atoms with van der Waals surface area (Å²) in [5.74, 6) is -0.439. The second-order valence-electron chi connectivity index (χ2n) is 7.66. The predicted octanol–water partition coefficient (Wildman–Crippen LogP) is 3.94. The summed E-state index contributed by atoms with van der Waals surface area (Å²) in [4.78, 5) is 30.0. The predicted molar refractivity (Wildman–Crippen MR) is 110 cm³/mol. The Morgan fingerprint density at radius 2 is 1.93 bits per heavy atom. The Labute approximate surface area is 170 Å². The van der Waals surface area contributed by atoms with Crippen molar-refractivity contribution in [2.75, 3.05) is 18.0 Å². The van der Waals surface area contributed by atoms with Gasteiger partial charge in [0.25, 0.3) is 11.8 Å². The second-order valence-corrected chi connectivity index (χ2v) is 7.66. The van der Waals surface area contributed by atoms with Crippen LogP contribution in [0, 0.1) is 5.82 Å². The van der Waals surface area contributed by atoms with Crippen LogP contribution in [0.4, 0.5) is 10.1 Å². The number of amides is 2. The molecule has 2 amide bonds. The molecule has 29 heavy (non-hydrogen) atoms. The lowest BCUT2D eigenvalue weighted by Gasteiger charge is -2.44. The summed E-state index contributed by atoms with van der Waals surface area (Å²) < 4.78 is 13.0. The number of nitrogens with one attached hydrogen (secondary N) is 1. The Hall–Kier alpha value is -2.89. The monoisotopic (exact) mass is 395 g/mol. The van der Waals surface area contributed by atoms with Crippen LogP contribution in [0.15, 0.2) is 42.5 Å². The van der Waals surface area contributed by atoms with E-state index < -0.39 is 0 Å². The van der Waals surface area contributed by atoms with Gasteiger partial charge in [-0.05, 0) is 62.1 Å². The van der Waals surface area contributed by atoms with Gasteiger partial charge in [0.05, 0.1) is 11.3 Å². The number of hydrogen-bond acceptors (Lipinski definition) is 3. The Morgan fingerprint density at radius 1 is 1.14 bits per heavy atom. The van der Waals surface area contributed by atoms with Crippen molar-refractivity contribution in [3.05, 3.63) is 65.0 Å². The molecule has 0 saturated carbocycles. The normalized spacial score (nSPS) is 18.7. The molecule has 0 bridgehead atoms. The van der Waals surface area contributed by atoms with Crippen LogP contribution in [0.5, 0.6) is 0 Å². The molecule has 6 heteroatoms. The third-order valence-electron chi connectivity index (χ3n) is 5.85. The number of halogens is 1. The van der Waals surface area contributed by atoms with E-state index in [9.17, 15) is 14.0 Å². The topological polar surface area (TPSA) is 52.7 Å². The van der Waals surface area contributed by atoms with Gasteiger partial charge in [-0.15, -0.1) is 0 Å². The van der Waals surface area contributed by atoms with E-state index in [0.717, 1.165) is 50.0 Å². The summed E-state index contributed by atoms with van der Waals surface area (Å²) in [7, 11) is 0. The van der Waals surface area contributed by atoms with E-state index in [4.69, 9.17) is 0 Å². The van der Waals surface area contributed by atoms with Crippen LogP contribution in [0.1, 0.15) is 58.9 Å². The molecule has 1 saturated heterocycles. The fraction of sp³-hybridized carbons (Fsp3) is 0.391. The zero-order valence-electron chi connectivity index (χ0n) is 16.7. The van der Waals surface area contributed by atoms with Crippen molar-refractivity contribution in [2.45, 2.75) is 45.3 Å². The molecule has 0 unspecified atom stereocenters. The Bertz CT molecular complexity index is 913. The van der Waals surface area contributed by atoms with Crippen LogP contribution in [0.25, 0.3) is 0 Å². The molecular weight excluding hydrogens is 369 g/mol. The van der Waals surface area contributed by atoms with Gasteiger partial charge < -0.3 is 15.1 Å². The molecular formula is C23H26FN3O2.